The number of rotatable bonds is 4. The predicted octanol–water partition coefficient (Wildman–Crippen LogP) is 1.88. The quantitative estimate of drug-likeness (QED) is 0.781. The molecule has 0 fully saturated rings. The summed E-state index contributed by atoms with van der Waals surface area (Å²) in [6.07, 6.45) is 6.99. The molecule has 0 aliphatic rings. The molecule has 0 saturated heterocycles. The summed E-state index contributed by atoms with van der Waals surface area (Å²) in [4.78, 5) is 8.27. The highest BCUT2D eigenvalue weighted by Crippen LogP contribution is 2.20. The zero-order chi connectivity index (χ0) is 13.8. The van der Waals surface area contributed by atoms with Gasteiger partial charge >= 0.3 is 0 Å². The second-order valence-electron chi connectivity index (χ2n) is 4.41. The van der Waals surface area contributed by atoms with E-state index >= 15 is 0 Å². The third-order valence-corrected chi connectivity index (χ3v) is 2.85. The first-order chi connectivity index (χ1) is 9.81. The Hall–Kier alpha value is -2.76. The predicted molar refractivity (Wildman–Crippen MR) is 75.8 cm³/mol. The molecule has 6 heteroatoms. The van der Waals surface area contributed by atoms with Crippen molar-refractivity contribution in [3.63, 3.8) is 0 Å². The van der Waals surface area contributed by atoms with E-state index in [1.54, 1.807) is 23.3 Å². The summed E-state index contributed by atoms with van der Waals surface area (Å²) in [7, 11) is 1.85. The molecule has 0 atom stereocenters. The lowest BCUT2D eigenvalue weighted by atomic mass is 10.1. The molecule has 0 unspecified atom stereocenters. The van der Waals surface area contributed by atoms with E-state index in [1.807, 2.05) is 37.5 Å². The van der Waals surface area contributed by atoms with E-state index in [2.05, 4.69) is 25.6 Å². The highest BCUT2D eigenvalue weighted by atomic mass is 15.4. The van der Waals surface area contributed by atoms with Crippen LogP contribution in [0.3, 0.4) is 0 Å². The molecule has 3 rings (SSSR count). The lowest BCUT2D eigenvalue weighted by Gasteiger charge is -2.06. The molecule has 2 aromatic heterocycles. The molecule has 1 N–H and O–H groups in total. The third kappa shape index (κ3) is 2.80. The van der Waals surface area contributed by atoms with E-state index in [4.69, 9.17) is 0 Å². The first-order valence-electron chi connectivity index (χ1n) is 6.27. The molecule has 0 bridgehead atoms. The molecule has 100 valence electrons. The van der Waals surface area contributed by atoms with Crippen LogP contribution in [0.15, 0.2) is 49.1 Å². The van der Waals surface area contributed by atoms with Crippen LogP contribution < -0.4 is 5.32 Å². The van der Waals surface area contributed by atoms with Crippen LogP contribution in [0, 0.1) is 0 Å². The maximum Gasteiger partial charge on any atom is 0.113 e. The van der Waals surface area contributed by atoms with Gasteiger partial charge in [-0.2, -0.15) is 0 Å². The molecule has 0 saturated carbocycles. The maximum absolute atomic E-state index is 4.23. The first kappa shape index (κ1) is 12.3. The van der Waals surface area contributed by atoms with Crippen molar-refractivity contribution in [1.29, 1.82) is 0 Å². The topological polar surface area (TPSA) is 68.5 Å². The average Bonchev–Trinajstić information content (AvgIpc) is 2.93. The number of nitrogens with one attached hydrogen (secondary N) is 1. The van der Waals surface area contributed by atoms with Crippen molar-refractivity contribution < 1.29 is 0 Å². The summed E-state index contributed by atoms with van der Waals surface area (Å²) in [5, 5.41) is 11.4. The Bertz CT molecular complexity index is 692. The summed E-state index contributed by atoms with van der Waals surface area (Å²) in [5.41, 5.74) is 3.80. The van der Waals surface area contributed by atoms with Crippen molar-refractivity contribution in [2.75, 3.05) is 5.32 Å². The number of nitrogens with zero attached hydrogens (tertiary/aromatic N) is 5. The van der Waals surface area contributed by atoms with E-state index < -0.39 is 0 Å². The fourth-order valence-corrected chi connectivity index (χ4v) is 1.88. The van der Waals surface area contributed by atoms with Crippen LogP contribution in [0.1, 0.15) is 5.69 Å². The summed E-state index contributed by atoms with van der Waals surface area (Å²) in [6, 6.07) is 8.05. The lowest BCUT2D eigenvalue weighted by molar-refractivity contribution is 0.715. The average molecular weight is 266 g/mol. The highest BCUT2D eigenvalue weighted by molar-refractivity contribution is 5.64. The van der Waals surface area contributed by atoms with Gasteiger partial charge in [-0.1, -0.05) is 17.3 Å². The summed E-state index contributed by atoms with van der Waals surface area (Å²) < 4.78 is 1.69. The molecule has 0 spiro atoms. The van der Waals surface area contributed by atoms with Gasteiger partial charge in [-0.15, -0.1) is 5.10 Å². The maximum atomic E-state index is 4.23. The van der Waals surface area contributed by atoms with E-state index in [-0.39, 0.29) is 0 Å². The normalized spacial score (nSPS) is 10.4. The Morgan fingerprint density at radius 1 is 1.25 bits per heavy atom. The fraction of sp³-hybridized carbons (Fsp3) is 0.143. The molecular weight excluding hydrogens is 252 g/mol. The Balaban J connectivity index is 1.75. The van der Waals surface area contributed by atoms with Crippen molar-refractivity contribution >= 4 is 5.69 Å². The van der Waals surface area contributed by atoms with Gasteiger partial charge in [0, 0.05) is 30.7 Å². The lowest BCUT2D eigenvalue weighted by Crippen LogP contribution is -2.01. The molecule has 0 amide bonds. The molecule has 20 heavy (non-hydrogen) atoms. The number of aromatic nitrogens is 5. The van der Waals surface area contributed by atoms with Gasteiger partial charge in [0.05, 0.1) is 24.6 Å². The molecule has 6 nitrogen and oxygen atoms in total. The smallest absolute Gasteiger partial charge is 0.113 e. The number of benzene rings is 1. The summed E-state index contributed by atoms with van der Waals surface area (Å²) >= 11 is 0. The van der Waals surface area contributed by atoms with Crippen molar-refractivity contribution in [3.05, 3.63) is 54.7 Å². The number of anilines is 1. The minimum atomic E-state index is 0.637. The minimum absolute atomic E-state index is 0.637. The van der Waals surface area contributed by atoms with Crippen molar-refractivity contribution in [2.24, 2.45) is 7.05 Å². The minimum Gasteiger partial charge on any atom is -0.379 e. The highest BCUT2D eigenvalue weighted by Gasteiger charge is 2.03. The number of aryl methyl sites for hydroxylation is 1. The summed E-state index contributed by atoms with van der Waals surface area (Å²) in [6.45, 7) is 0.637. The molecular formula is C14H14N6. The molecule has 3 aromatic rings. The van der Waals surface area contributed by atoms with Gasteiger partial charge in [0.1, 0.15) is 5.69 Å². The van der Waals surface area contributed by atoms with E-state index in [0.717, 1.165) is 22.6 Å². The van der Waals surface area contributed by atoms with Crippen LogP contribution in [-0.4, -0.2) is 25.0 Å². The van der Waals surface area contributed by atoms with E-state index in [1.165, 1.54) is 0 Å². The van der Waals surface area contributed by atoms with Crippen molar-refractivity contribution in [3.8, 4) is 11.3 Å². The largest absolute Gasteiger partial charge is 0.379 e. The third-order valence-electron chi connectivity index (χ3n) is 2.85. The Morgan fingerprint density at radius 2 is 2.20 bits per heavy atom. The van der Waals surface area contributed by atoms with Crippen molar-refractivity contribution in [2.45, 2.75) is 6.54 Å². The Morgan fingerprint density at radius 3 is 2.95 bits per heavy atom. The Kier molecular flexibility index (Phi) is 3.36. The van der Waals surface area contributed by atoms with Gasteiger partial charge in [-0.25, -0.2) is 0 Å². The van der Waals surface area contributed by atoms with Gasteiger partial charge in [0.25, 0.3) is 0 Å². The zero-order valence-corrected chi connectivity index (χ0v) is 11.1. The van der Waals surface area contributed by atoms with E-state index in [0.29, 0.717) is 6.54 Å². The second-order valence-corrected chi connectivity index (χ2v) is 4.41. The van der Waals surface area contributed by atoms with Gasteiger partial charge in [-0.05, 0) is 12.1 Å². The van der Waals surface area contributed by atoms with Crippen LogP contribution in [0.4, 0.5) is 5.69 Å². The second kappa shape index (κ2) is 5.48. The van der Waals surface area contributed by atoms with Gasteiger partial charge in [-0.3, -0.25) is 14.6 Å². The van der Waals surface area contributed by atoms with Crippen LogP contribution in [0.2, 0.25) is 0 Å². The van der Waals surface area contributed by atoms with Crippen LogP contribution in [0.5, 0.6) is 0 Å². The van der Waals surface area contributed by atoms with Gasteiger partial charge in [0.15, 0.2) is 0 Å². The monoisotopic (exact) mass is 266 g/mol. The molecule has 0 radical (unpaired) electrons. The van der Waals surface area contributed by atoms with Gasteiger partial charge < -0.3 is 5.32 Å². The van der Waals surface area contributed by atoms with Crippen LogP contribution >= 0.6 is 0 Å². The number of hydrogen-bond donors (Lipinski definition) is 1. The van der Waals surface area contributed by atoms with Crippen LogP contribution in [-0.2, 0) is 13.6 Å². The number of hydrogen-bond acceptors (Lipinski definition) is 5. The molecule has 1 aromatic carbocycles. The van der Waals surface area contributed by atoms with Gasteiger partial charge in [0.2, 0.25) is 0 Å². The first-order valence-corrected chi connectivity index (χ1v) is 6.27. The zero-order valence-electron chi connectivity index (χ0n) is 11.1. The molecule has 2 heterocycles. The molecule has 0 aliphatic carbocycles. The summed E-state index contributed by atoms with van der Waals surface area (Å²) in [5.74, 6) is 0. The standard InChI is InChI=1S/C14H14N6/c1-20-10-14(18-19-20)11-3-2-4-12(7-11)17-9-13-8-15-5-6-16-13/h2-8,10,17H,9H2,1H3. The van der Waals surface area contributed by atoms with Crippen molar-refractivity contribution in [1.82, 2.24) is 25.0 Å². The van der Waals surface area contributed by atoms with Crippen LogP contribution in [0.25, 0.3) is 11.3 Å². The fourth-order valence-electron chi connectivity index (χ4n) is 1.88. The Labute approximate surface area is 116 Å². The van der Waals surface area contributed by atoms with E-state index in [9.17, 15) is 0 Å². The SMILES string of the molecule is Cn1cc(-c2cccc(NCc3cnccn3)c2)nn1. The molecule has 0 aliphatic heterocycles.